The Morgan fingerprint density at radius 3 is 2.53 bits per heavy atom. The van der Waals surface area contributed by atoms with Gasteiger partial charge in [0.1, 0.15) is 11.5 Å². The van der Waals surface area contributed by atoms with Gasteiger partial charge >= 0.3 is 5.69 Å². The van der Waals surface area contributed by atoms with Gasteiger partial charge in [0, 0.05) is 23.9 Å². The first-order valence-electron chi connectivity index (χ1n) is 5.46. The lowest BCUT2D eigenvalue weighted by Gasteiger charge is -2.08. The van der Waals surface area contributed by atoms with Gasteiger partial charge in [-0.1, -0.05) is 6.07 Å². The number of anilines is 1. The SMILES string of the molecule is COc1cc(Oc2cccc(N)c2)ccc1[N+](=O)[O-]. The van der Waals surface area contributed by atoms with Gasteiger partial charge in [0.05, 0.1) is 12.0 Å². The molecule has 2 rings (SSSR count). The summed E-state index contributed by atoms with van der Waals surface area (Å²) in [5.41, 5.74) is 6.10. The third-order valence-electron chi connectivity index (χ3n) is 2.44. The van der Waals surface area contributed by atoms with E-state index >= 15 is 0 Å². The van der Waals surface area contributed by atoms with E-state index in [0.717, 1.165) is 0 Å². The normalized spacial score (nSPS) is 9.95. The minimum Gasteiger partial charge on any atom is -0.490 e. The van der Waals surface area contributed by atoms with Gasteiger partial charge in [0.25, 0.3) is 0 Å². The van der Waals surface area contributed by atoms with E-state index in [-0.39, 0.29) is 11.4 Å². The summed E-state index contributed by atoms with van der Waals surface area (Å²) >= 11 is 0. The second-order valence-corrected chi connectivity index (χ2v) is 3.77. The molecule has 0 aliphatic heterocycles. The highest BCUT2D eigenvalue weighted by molar-refractivity contribution is 5.52. The van der Waals surface area contributed by atoms with Crippen molar-refractivity contribution in [3.63, 3.8) is 0 Å². The molecule has 0 heterocycles. The van der Waals surface area contributed by atoms with Crippen LogP contribution in [0.4, 0.5) is 11.4 Å². The molecule has 0 fully saturated rings. The van der Waals surface area contributed by atoms with Crippen LogP contribution in [0, 0.1) is 10.1 Å². The van der Waals surface area contributed by atoms with E-state index in [1.165, 1.54) is 25.3 Å². The van der Waals surface area contributed by atoms with Crippen LogP contribution in [0.15, 0.2) is 42.5 Å². The van der Waals surface area contributed by atoms with Gasteiger partial charge in [-0.05, 0) is 18.2 Å². The molecule has 0 aliphatic rings. The molecule has 0 atom stereocenters. The molecule has 0 saturated heterocycles. The summed E-state index contributed by atoms with van der Waals surface area (Å²) in [6.07, 6.45) is 0. The minimum absolute atomic E-state index is 0.109. The van der Waals surface area contributed by atoms with Crippen molar-refractivity contribution in [2.24, 2.45) is 0 Å². The topological polar surface area (TPSA) is 87.6 Å². The number of methoxy groups -OCH3 is 1. The van der Waals surface area contributed by atoms with Crippen LogP contribution >= 0.6 is 0 Å². The van der Waals surface area contributed by atoms with Gasteiger partial charge < -0.3 is 15.2 Å². The number of nitro benzene ring substituents is 1. The molecule has 0 saturated carbocycles. The Labute approximate surface area is 109 Å². The smallest absolute Gasteiger partial charge is 0.311 e. The van der Waals surface area contributed by atoms with Crippen molar-refractivity contribution in [1.82, 2.24) is 0 Å². The zero-order valence-corrected chi connectivity index (χ0v) is 10.2. The number of hydrogen-bond donors (Lipinski definition) is 1. The fourth-order valence-corrected chi connectivity index (χ4v) is 1.59. The van der Waals surface area contributed by atoms with Crippen LogP contribution in [-0.4, -0.2) is 12.0 Å². The molecule has 0 aromatic heterocycles. The molecule has 0 radical (unpaired) electrons. The van der Waals surface area contributed by atoms with E-state index < -0.39 is 4.92 Å². The number of hydrogen-bond acceptors (Lipinski definition) is 5. The molecule has 6 heteroatoms. The molecule has 0 unspecified atom stereocenters. The molecule has 98 valence electrons. The molecular formula is C13H12N2O4. The highest BCUT2D eigenvalue weighted by Gasteiger charge is 2.15. The highest BCUT2D eigenvalue weighted by Crippen LogP contribution is 2.33. The van der Waals surface area contributed by atoms with E-state index in [1.54, 1.807) is 24.3 Å². The first-order chi connectivity index (χ1) is 9.10. The van der Waals surface area contributed by atoms with Crippen LogP contribution in [0.1, 0.15) is 0 Å². The van der Waals surface area contributed by atoms with E-state index in [1.807, 2.05) is 0 Å². The molecule has 0 spiro atoms. The lowest BCUT2D eigenvalue weighted by atomic mass is 10.2. The number of ether oxygens (including phenoxy) is 2. The van der Waals surface area contributed by atoms with Crippen LogP contribution in [0.25, 0.3) is 0 Å². The van der Waals surface area contributed by atoms with Crippen molar-refractivity contribution in [2.45, 2.75) is 0 Å². The Morgan fingerprint density at radius 1 is 1.16 bits per heavy atom. The Kier molecular flexibility index (Phi) is 3.51. The summed E-state index contributed by atoms with van der Waals surface area (Å²) in [7, 11) is 1.37. The maximum absolute atomic E-state index is 10.8. The molecule has 0 amide bonds. The Bertz CT molecular complexity index is 613. The fourth-order valence-electron chi connectivity index (χ4n) is 1.59. The predicted octanol–water partition coefficient (Wildman–Crippen LogP) is 2.98. The van der Waals surface area contributed by atoms with Crippen LogP contribution in [0.2, 0.25) is 0 Å². The molecule has 6 nitrogen and oxygen atoms in total. The molecule has 19 heavy (non-hydrogen) atoms. The largest absolute Gasteiger partial charge is 0.490 e. The van der Waals surface area contributed by atoms with Crippen molar-refractivity contribution in [3.05, 3.63) is 52.6 Å². The van der Waals surface area contributed by atoms with Gasteiger partial charge in [-0.25, -0.2) is 0 Å². The van der Waals surface area contributed by atoms with Gasteiger partial charge in [-0.15, -0.1) is 0 Å². The van der Waals surface area contributed by atoms with E-state index in [2.05, 4.69) is 0 Å². The summed E-state index contributed by atoms with van der Waals surface area (Å²) in [4.78, 5) is 10.3. The first kappa shape index (κ1) is 12.7. The average molecular weight is 260 g/mol. The monoisotopic (exact) mass is 260 g/mol. The quantitative estimate of drug-likeness (QED) is 0.518. The molecule has 2 aromatic carbocycles. The average Bonchev–Trinajstić information content (AvgIpc) is 2.38. The third-order valence-corrected chi connectivity index (χ3v) is 2.44. The summed E-state index contributed by atoms with van der Waals surface area (Å²) in [6.45, 7) is 0. The van der Waals surface area contributed by atoms with Gasteiger partial charge in [0.2, 0.25) is 5.75 Å². The van der Waals surface area contributed by atoms with Crippen LogP contribution < -0.4 is 15.2 Å². The van der Waals surface area contributed by atoms with Gasteiger partial charge in [0.15, 0.2) is 0 Å². The van der Waals surface area contributed by atoms with Crippen LogP contribution in [0.5, 0.6) is 17.2 Å². The van der Waals surface area contributed by atoms with Crippen molar-refractivity contribution in [1.29, 1.82) is 0 Å². The maximum Gasteiger partial charge on any atom is 0.311 e. The first-order valence-corrected chi connectivity index (χ1v) is 5.46. The molecular weight excluding hydrogens is 248 g/mol. The molecule has 0 aliphatic carbocycles. The van der Waals surface area contributed by atoms with Crippen molar-refractivity contribution in [3.8, 4) is 17.2 Å². The number of nitrogens with two attached hydrogens (primary N) is 1. The zero-order chi connectivity index (χ0) is 13.8. The summed E-state index contributed by atoms with van der Waals surface area (Å²) < 4.78 is 10.5. The second kappa shape index (κ2) is 5.26. The highest BCUT2D eigenvalue weighted by atomic mass is 16.6. The summed E-state index contributed by atoms with van der Waals surface area (Å²) in [6, 6.07) is 11.2. The zero-order valence-electron chi connectivity index (χ0n) is 10.2. The standard InChI is InChI=1S/C13H12N2O4/c1-18-13-8-11(5-6-12(13)15(16)17)19-10-4-2-3-9(14)7-10/h2-8H,14H2,1H3. The molecule has 2 aromatic rings. The third kappa shape index (κ3) is 2.92. The lowest BCUT2D eigenvalue weighted by molar-refractivity contribution is -0.385. The number of nitrogens with zero attached hydrogens (tertiary/aromatic N) is 1. The number of nitro groups is 1. The number of nitrogen functional groups attached to an aromatic ring is 1. The predicted molar refractivity (Wildman–Crippen MR) is 70.6 cm³/mol. The van der Waals surface area contributed by atoms with E-state index in [0.29, 0.717) is 17.2 Å². The summed E-state index contributed by atoms with van der Waals surface area (Å²) in [5, 5.41) is 10.8. The maximum atomic E-state index is 10.8. The fraction of sp³-hybridized carbons (Fsp3) is 0.0769. The van der Waals surface area contributed by atoms with Crippen LogP contribution in [-0.2, 0) is 0 Å². The second-order valence-electron chi connectivity index (χ2n) is 3.77. The van der Waals surface area contributed by atoms with E-state index in [4.69, 9.17) is 15.2 Å². The van der Waals surface area contributed by atoms with Crippen molar-refractivity contribution in [2.75, 3.05) is 12.8 Å². The Morgan fingerprint density at radius 2 is 1.89 bits per heavy atom. The van der Waals surface area contributed by atoms with Gasteiger partial charge in [-0.2, -0.15) is 0 Å². The Hall–Kier alpha value is -2.76. The number of benzene rings is 2. The van der Waals surface area contributed by atoms with Crippen molar-refractivity contribution >= 4 is 11.4 Å². The molecule has 0 bridgehead atoms. The number of rotatable bonds is 4. The summed E-state index contributed by atoms with van der Waals surface area (Å²) in [5.74, 6) is 1.13. The Balaban J connectivity index is 2.29. The van der Waals surface area contributed by atoms with Gasteiger partial charge in [-0.3, -0.25) is 10.1 Å². The van der Waals surface area contributed by atoms with Crippen LogP contribution in [0.3, 0.4) is 0 Å². The van der Waals surface area contributed by atoms with E-state index in [9.17, 15) is 10.1 Å². The van der Waals surface area contributed by atoms with Crippen molar-refractivity contribution < 1.29 is 14.4 Å². The minimum atomic E-state index is -0.511. The lowest BCUT2D eigenvalue weighted by Crippen LogP contribution is -1.94. The molecule has 2 N–H and O–H groups in total.